The van der Waals surface area contributed by atoms with Crippen LogP contribution < -0.4 is 34.5 Å². The molecule has 6 nitrogen and oxygen atoms in total. The minimum absolute atomic E-state index is 0. The van der Waals surface area contributed by atoms with Crippen LogP contribution in [0.2, 0.25) is 0 Å². The quantitative estimate of drug-likeness (QED) is 0.429. The predicted molar refractivity (Wildman–Crippen MR) is 39.3 cm³/mol. The Balaban J connectivity index is 0.00000225. The summed E-state index contributed by atoms with van der Waals surface area (Å²) < 4.78 is 60.7. The first-order valence-corrected chi connectivity index (χ1v) is 4.92. The summed E-state index contributed by atoms with van der Waals surface area (Å²) in [6.45, 7) is -0.571. The Hall–Kier alpha value is -0.160. The smallest absolute Gasteiger partial charge is 0.353 e. The van der Waals surface area contributed by atoms with Crippen molar-refractivity contribution in [3.05, 3.63) is 5.82 Å². The fourth-order valence-corrected chi connectivity index (χ4v) is 1.38. The molecule has 1 heterocycles. The van der Waals surface area contributed by atoms with Crippen LogP contribution in [0.3, 0.4) is 0 Å². The van der Waals surface area contributed by atoms with Crippen molar-refractivity contribution in [1.82, 2.24) is 15.2 Å². The third-order valence-electron chi connectivity index (χ3n) is 1.14. The number of rotatable bonds is 3. The third-order valence-corrected chi connectivity index (χ3v) is 2.19. The van der Waals surface area contributed by atoms with Crippen molar-refractivity contribution in [2.24, 2.45) is 0 Å². The van der Waals surface area contributed by atoms with E-state index in [1.807, 2.05) is 0 Å². The van der Waals surface area contributed by atoms with Gasteiger partial charge in [-0.3, -0.25) is 4.18 Å². The van der Waals surface area contributed by atoms with Crippen LogP contribution in [0.5, 0.6) is 0 Å². The Morgan fingerprint density at radius 1 is 1.38 bits per heavy atom. The normalized spacial score (nSPS) is 12.2. The summed E-state index contributed by atoms with van der Waals surface area (Å²) in [6, 6.07) is 0. The Labute approximate surface area is 111 Å². The van der Waals surface area contributed by atoms with Crippen LogP contribution in [0, 0.1) is 6.92 Å². The van der Waals surface area contributed by atoms with Crippen LogP contribution in [0.15, 0.2) is 5.16 Å². The maximum atomic E-state index is 11.7. The average Bonchev–Trinajstić information content (AvgIpc) is 2.48. The molecule has 0 aliphatic carbocycles. The van der Waals surface area contributed by atoms with Crippen LogP contribution in [0.25, 0.3) is 0 Å². The summed E-state index contributed by atoms with van der Waals surface area (Å²) in [5, 5.41) is 5.40. The molecule has 0 saturated carbocycles. The third kappa shape index (κ3) is 4.78. The summed E-state index contributed by atoms with van der Waals surface area (Å²) in [7, 11) is -4.58. The first kappa shape index (κ1) is 15.8. The number of aryl methyl sites for hydroxylation is 1. The van der Waals surface area contributed by atoms with Crippen molar-refractivity contribution >= 4 is 10.1 Å². The van der Waals surface area contributed by atoms with Crippen LogP contribution >= 0.6 is 0 Å². The summed E-state index contributed by atoms with van der Waals surface area (Å²) in [6.07, 6.45) is -4.73. The van der Waals surface area contributed by atoms with Gasteiger partial charge in [-0.05, 0) is 12.7 Å². The Bertz CT molecular complexity index is 443. The molecule has 0 aromatic carbocycles. The second kappa shape index (κ2) is 5.45. The van der Waals surface area contributed by atoms with E-state index in [9.17, 15) is 21.6 Å². The molecule has 0 aliphatic rings. The monoisotopic (exact) mass is 267 g/mol. The van der Waals surface area contributed by atoms with Gasteiger partial charge in [-0.25, -0.2) is 0 Å². The van der Waals surface area contributed by atoms with E-state index in [1.165, 1.54) is 6.92 Å². The number of aromatic nitrogens is 3. The van der Waals surface area contributed by atoms with Gasteiger partial charge in [0.1, 0.15) is 5.16 Å². The number of hydrogen-bond acceptors (Lipinski definition) is 5. The summed E-state index contributed by atoms with van der Waals surface area (Å²) in [4.78, 5) is 3.28. The van der Waals surface area contributed by atoms with E-state index in [2.05, 4.69) is 19.4 Å². The first-order valence-electron chi connectivity index (χ1n) is 3.51. The number of halogens is 3. The predicted octanol–water partition coefficient (Wildman–Crippen LogP) is -2.99. The van der Waals surface area contributed by atoms with E-state index in [4.69, 9.17) is 0 Å². The second-order valence-electron chi connectivity index (χ2n) is 2.47. The SMILES string of the molecule is Cc1nnc(S(=O)(=O)OCC(F)(F)F)[n-]1.[Na+]. The maximum absolute atomic E-state index is 11.7. The number of hydrogen-bond donors (Lipinski definition) is 0. The molecule has 0 N–H and O–H groups in total. The van der Waals surface area contributed by atoms with E-state index in [0.29, 0.717) is 0 Å². The van der Waals surface area contributed by atoms with Crippen molar-refractivity contribution in [2.75, 3.05) is 6.61 Å². The number of alkyl halides is 3. The standard InChI is InChI=1S/C5H5F3N3O3S.Na/c1-3-9-4(11-10-3)15(12,13)14-2-5(6,7)8;/h2H2,1H3;/q-1;+1. The molecule has 0 atom stereocenters. The van der Waals surface area contributed by atoms with Crippen molar-refractivity contribution in [3.63, 3.8) is 0 Å². The molecule has 0 amide bonds. The zero-order valence-electron chi connectivity index (χ0n) is 8.32. The first-order chi connectivity index (χ1) is 6.71. The van der Waals surface area contributed by atoms with E-state index >= 15 is 0 Å². The zero-order valence-corrected chi connectivity index (χ0v) is 11.1. The molecule has 0 saturated heterocycles. The van der Waals surface area contributed by atoms with Crippen molar-refractivity contribution < 1.29 is 55.3 Å². The maximum Gasteiger partial charge on any atom is 1.00 e. The van der Waals surface area contributed by atoms with Gasteiger partial charge >= 0.3 is 45.9 Å². The van der Waals surface area contributed by atoms with E-state index in [1.54, 1.807) is 0 Å². The van der Waals surface area contributed by atoms with E-state index in [-0.39, 0.29) is 35.4 Å². The van der Waals surface area contributed by atoms with Crippen molar-refractivity contribution in [1.29, 1.82) is 0 Å². The Morgan fingerprint density at radius 3 is 2.31 bits per heavy atom. The Kier molecular flexibility index (Phi) is 5.39. The molecule has 11 heteroatoms. The molecular weight excluding hydrogens is 262 g/mol. The fraction of sp³-hybridized carbons (Fsp3) is 0.600. The van der Waals surface area contributed by atoms with Crippen LogP contribution in [-0.2, 0) is 14.3 Å². The molecule has 86 valence electrons. The molecule has 0 fully saturated rings. The molecular formula is C5H5F3N3NaO3S. The minimum Gasteiger partial charge on any atom is -0.353 e. The summed E-state index contributed by atoms with van der Waals surface area (Å²) >= 11 is 0. The van der Waals surface area contributed by atoms with Gasteiger partial charge in [0.2, 0.25) is 0 Å². The number of nitrogens with zero attached hydrogens (tertiary/aromatic N) is 3. The molecule has 0 radical (unpaired) electrons. The molecule has 0 unspecified atom stereocenters. The van der Waals surface area contributed by atoms with Gasteiger partial charge in [-0.2, -0.15) is 21.6 Å². The molecule has 1 rings (SSSR count). The van der Waals surface area contributed by atoms with Gasteiger partial charge in [0.25, 0.3) is 0 Å². The Morgan fingerprint density at radius 2 is 1.94 bits per heavy atom. The van der Waals surface area contributed by atoms with Crippen LogP contribution in [0.4, 0.5) is 13.2 Å². The summed E-state index contributed by atoms with van der Waals surface area (Å²) in [5.41, 5.74) is 0. The van der Waals surface area contributed by atoms with Crippen LogP contribution in [-0.4, -0.2) is 31.4 Å². The zero-order chi connectivity index (χ0) is 11.7. The second-order valence-corrected chi connectivity index (χ2v) is 3.98. The van der Waals surface area contributed by atoms with Gasteiger partial charge in [0.15, 0.2) is 6.61 Å². The summed E-state index contributed by atoms with van der Waals surface area (Å²) in [5.74, 6) is 0.0317. The topological polar surface area (TPSA) is 83.2 Å². The van der Waals surface area contributed by atoms with Gasteiger partial charge in [-0.15, -0.1) is 0 Å². The molecule has 16 heavy (non-hydrogen) atoms. The molecule has 0 spiro atoms. The molecule has 0 bridgehead atoms. The van der Waals surface area contributed by atoms with Gasteiger partial charge in [-0.1, -0.05) is 0 Å². The molecule has 1 aromatic rings. The molecule has 0 aliphatic heterocycles. The van der Waals surface area contributed by atoms with E-state index < -0.39 is 28.1 Å². The van der Waals surface area contributed by atoms with Gasteiger partial charge in [0.05, 0.1) is 0 Å². The average molecular weight is 267 g/mol. The fourth-order valence-electron chi connectivity index (χ4n) is 0.601. The van der Waals surface area contributed by atoms with Gasteiger partial charge < -0.3 is 15.2 Å². The van der Waals surface area contributed by atoms with E-state index in [0.717, 1.165) is 0 Å². The van der Waals surface area contributed by atoms with Crippen LogP contribution in [0.1, 0.15) is 5.82 Å². The van der Waals surface area contributed by atoms with Crippen molar-refractivity contribution in [2.45, 2.75) is 18.3 Å². The molecule has 1 aromatic heterocycles. The van der Waals surface area contributed by atoms with Crippen molar-refractivity contribution in [3.8, 4) is 0 Å². The largest absolute Gasteiger partial charge is 1.00 e. The minimum atomic E-state index is -4.73. The van der Waals surface area contributed by atoms with Gasteiger partial charge in [0, 0.05) is 0 Å².